The lowest BCUT2D eigenvalue weighted by atomic mass is 9.88. The predicted octanol–water partition coefficient (Wildman–Crippen LogP) is 2.29. The zero-order valence-corrected chi connectivity index (χ0v) is 15.8. The highest BCUT2D eigenvalue weighted by molar-refractivity contribution is 5.89. The molecule has 3 fully saturated rings. The second-order valence-electron chi connectivity index (χ2n) is 7.51. The van der Waals surface area contributed by atoms with Gasteiger partial charge in [0, 0.05) is 51.0 Å². The molecule has 1 aliphatic carbocycles. The molecule has 1 saturated carbocycles. The normalized spacial score (nSPS) is 24.4. The smallest absolute Gasteiger partial charge is 0.254 e. The fourth-order valence-corrected chi connectivity index (χ4v) is 4.15. The minimum Gasteiger partial charge on any atom is -0.357 e. The van der Waals surface area contributed by atoms with Crippen LogP contribution in [0.15, 0.2) is 24.4 Å². The number of likely N-dealkylation sites (tertiary alicyclic amines) is 1. The SMILES string of the molecule is CCN1CC2(CCN(CCc3ccccn3)CC2)OC2(CC2)C1=O.Cl. The van der Waals surface area contributed by atoms with E-state index in [4.69, 9.17) is 4.74 Å². The Balaban J connectivity index is 0.00000182. The maximum absolute atomic E-state index is 12.5. The third kappa shape index (κ3) is 3.69. The molecular formula is C19H28ClN3O2. The van der Waals surface area contributed by atoms with E-state index in [0.29, 0.717) is 0 Å². The molecule has 2 saturated heterocycles. The zero-order chi connectivity index (χ0) is 16.6. The number of hydrogen-bond acceptors (Lipinski definition) is 4. The molecule has 0 bridgehead atoms. The van der Waals surface area contributed by atoms with Crippen molar-refractivity contribution in [3.05, 3.63) is 30.1 Å². The topological polar surface area (TPSA) is 45.7 Å². The number of ether oxygens (including phenoxy) is 1. The third-order valence-electron chi connectivity index (χ3n) is 5.83. The second kappa shape index (κ2) is 7.22. The summed E-state index contributed by atoms with van der Waals surface area (Å²) in [6.45, 7) is 6.81. The highest BCUT2D eigenvalue weighted by Crippen LogP contribution is 2.49. The minimum absolute atomic E-state index is 0. The molecule has 3 aliphatic rings. The fraction of sp³-hybridized carbons (Fsp3) is 0.684. The average molecular weight is 366 g/mol. The molecule has 0 atom stereocenters. The Morgan fingerprint density at radius 1 is 1.20 bits per heavy atom. The van der Waals surface area contributed by atoms with E-state index in [9.17, 15) is 4.79 Å². The monoisotopic (exact) mass is 365 g/mol. The van der Waals surface area contributed by atoms with E-state index in [1.54, 1.807) is 0 Å². The van der Waals surface area contributed by atoms with Crippen LogP contribution in [0.1, 0.15) is 38.3 Å². The van der Waals surface area contributed by atoms with E-state index in [1.165, 1.54) is 0 Å². The highest BCUT2D eigenvalue weighted by atomic mass is 35.5. The number of piperidine rings is 1. The maximum Gasteiger partial charge on any atom is 0.254 e. The molecule has 0 unspecified atom stereocenters. The quantitative estimate of drug-likeness (QED) is 0.821. The number of morpholine rings is 1. The zero-order valence-electron chi connectivity index (χ0n) is 14.9. The van der Waals surface area contributed by atoms with Crippen LogP contribution in [0.25, 0.3) is 0 Å². The van der Waals surface area contributed by atoms with Gasteiger partial charge in [-0.1, -0.05) is 6.07 Å². The molecular weight excluding hydrogens is 338 g/mol. The molecule has 0 radical (unpaired) electrons. The number of carbonyl (C=O) groups is 1. The molecule has 4 rings (SSSR count). The van der Waals surface area contributed by atoms with Gasteiger partial charge in [0.25, 0.3) is 5.91 Å². The average Bonchev–Trinajstić information content (AvgIpc) is 3.39. The first-order chi connectivity index (χ1) is 11.6. The number of amides is 1. The Morgan fingerprint density at radius 3 is 2.56 bits per heavy atom. The molecule has 0 aromatic carbocycles. The van der Waals surface area contributed by atoms with Gasteiger partial charge in [-0.15, -0.1) is 12.4 Å². The third-order valence-corrected chi connectivity index (χ3v) is 5.83. The lowest BCUT2D eigenvalue weighted by molar-refractivity contribution is -0.200. The summed E-state index contributed by atoms with van der Waals surface area (Å²) in [6.07, 6.45) is 6.74. The van der Waals surface area contributed by atoms with E-state index in [-0.39, 0.29) is 23.9 Å². The van der Waals surface area contributed by atoms with Crippen molar-refractivity contribution in [3.8, 4) is 0 Å². The van der Waals surface area contributed by atoms with E-state index in [2.05, 4.69) is 28.9 Å². The number of nitrogens with zero attached hydrogens (tertiary/aromatic N) is 3. The number of hydrogen-bond donors (Lipinski definition) is 0. The van der Waals surface area contributed by atoms with Crippen LogP contribution in [0.5, 0.6) is 0 Å². The Labute approximate surface area is 156 Å². The van der Waals surface area contributed by atoms with E-state index in [0.717, 1.165) is 70.5 Å². The van der Waals surface area contributed by atoms with Gasteiger partial charge >= 0.3 is 0 Å². The van der Waals surface area contributed by atoms with Gasteiger partial charge in [-0.3, -0.25) is 9.78 Å². The van der Waals surface area contributed by atoms with Crippen LogP contribution in [-0.4, -0.2) is 64.6 Å². The molecule has 0 N–H and O–H groups in total. The van der Waals surface area contributed by atoms with Gasteiger partial charge in [0.1, 0.15) is 5.60 Å². The van der Waals surface area contributed by atoms with E-state index in [1.807, 2.05) is 17.2 Å². The Bertz CT molecular complexity index is 598. The van der Waals surface area contributed by atoms with Gasteiger partial charge in [0.2, 0.25) is 0 Å². The van der Waals surface area contributed by atoms with Gasteiger partial charge in [-0.2, -0.15) is 0 Å². The summed E-state index contributed by atoms with van der Waals surface area (Å²) >= 11 is 0. The molecule has 2 spiro atoms. The largest absolute Gasteiger partial charge is 0.357 e. The first kappa shape index (κ1) is 18.6. The molecule has 1 amide bonds. The molecule has 25 heavy (non-hydrogen) atoms. The Kier molecular flexibility index (Phi) is 5.37. The molecule has 1 aromatic heterocycles. The lowest BCUT2D eigenvalue weighted by Crippen LogP contribution is -2.62. The van der Waals surface area contributed by atoms with Crippen molar-refractivity contribution in [1.82, 2.24) is 14.8 Å². The predicted molar refractivity (Wildman–Crippen MR) is 98.9 cm³/mol. The summed E-state index contributed by atoms with van der Waals surface area (Å²) in [6, 6.07) is 6.11. The molecule has 138 valence electrons. The maximum atomic E-state index is 12.5. The molecule has 3 heterocycles. The number of aromatic nitrogens is 1. The van der Waals surface area contributed by atoms with Crippen molar-refractivity contribution < 1.29 is 9.53 Å². The summed E-state index contributed by atoms with van der Waals surface area (Å²) in [7, 11) is 0. The van der Waals surface area contributed by atoms with E-state index >= 15 is 0 Å². The Hall–Kier alpha value is -1.17. The summed E-state index contributed by atoms with van der Waals surface area (Å²) in [5.41, 5.74) is 0.596. The summed E-state index contributed by atoms with van der Waals surface area (Å²) < 4.78 is 6.44. The van der Waals surface area contributed by atoms with Gasteiger partial charge in [0.15, 0.2) is 0 Å². The van der Waals surface area contributed by atoms with Gasteiger partial charge < -0.3 is 14.5 Å². The van der Waals surface area contributed by atoms with Gasteiger partial charge in [-0.25, -0.2) is 0 Å². The van der Waals surface area contributed by atoms with Crippen LogP contribution in [0, 0.1) is 0 Å². The van der Waals surface area contributed by atoms with Crippen LogP contribution in [0.4, 0.5) is 0 Å². The molecule has 2 aliphatic heterocycles. The van der Waals surface area contributed by atoms with Crippen molar-refractivity contribution in [2.45, 2.75) is 50.2 Å². The number of halogens is 1. The lowest BCUT2D eigenvalue weighted by Gasteiger charge is -2.50. The van der Waals surface area contributed by atoms with Crippen LogP contribution in [0.3, 0.4) is 0 Å². The van der Waals surface area contributed by atoms with Crippen molar-refractivity contribution in [3.63, 3.8) is 0 Å². The second-order valence-corrected chi connectivity index (χ2v) is 7.51. The van der Waals surface area contributed by atoms with Gasteiger partial charge in [0.05, 0.1) is 5.60 Å². The summed E-state index contributed by atoms with van der Waals surface area (Å²) in [5.74, 6) is 0.230. The van der Waals surface area contributed by atoms with E-state index < -0.39 is 5.60 Å². The van der Waals surface area contributed by atoms with Crippen LogP contribution < -0.4 is 0 Å². The van der Waals surface area contributed by atoms with Crippen LogP contribution in [0.2, 0.25) is 0 Å². The van der Waals surface area contributed by atoms with Crippen molar-refractivity contribution >= 4 is 18.3 Å². The first-order valence-electron chi connectivity index (χ1n) is 9.27. The number of rotatable bonds is 4. The number of likely N-dealkylation sites (N-methyl/N-ethyl adjacent to an activating group) is 1. The van der Waals surface area contributed by atoms with Crippen molar-refractivity contribution in [2.75, 3.05) is 32.7 Å². The van der Waals surface area contributed by atoms with Crippen molar-refractivity contribution in [1.29, 1.82) is 0 Å². The number of carbonyl (C=O) groups excluding carboxylic acids is 1. The molecule has 6 heteroatoms. The van der Waals surface area contributed by atoms with Crippen LogP contribution >= 0.6 is 12.4 Å². The molecule has 1 aromatic rings. The Morgan fingerprint density at radius 2 is 1.96 bits per heavy atom. The standard InChI is InChI=1S/C19H27N3O2.ClH/c1-2-22-15-18(24-19(7-8-19)17(22)23)9-13-21(14-10-18)12-6-16-5-3-4-11-20-16;/h3-5,11H,2,6-10,12-15H2,1H3;1H. The summed E-state index contributed by atoms with van der Waals surface area (Å²) in [5, 5.41) is 0. The van der Waals surface area contributed by atoms with Crippen molar-refractivity contribution in [2.24, 2.45) is 0 Å². The first-order valence-corrected chi connectivity index (χ1v) is 9.27. The fourth-order valence-electron chi connectivity index (χ4n) is 4.15. The van der Waals surface area contributed by atoms with Crippen LogP contribution in [-0.2, 0) is 16.0 Å². The minimum atomic E-state index is -0.454. The highest BCUT2D eigenvalue weighted by Gasteiger charge is 2.61. The number of pyridine rings is 1. The summed E-state index contributed by atoms with van der Waals surface area (Å²) in [4.78, 5) is 21.4. The molecule has 5 nitrogen and oxygen atoms in total. The van der Waals surface area contributed by atoms with Gasteiger partial charge in [-0.05, 0) is 44.7 Å².